The predicted molar refractivity (Wildman–Crippen MR) is 83.7 cm³/mol. The van der Waals surface area contributed by atoms with Crippen LogP contribution < -0.4 is 5.73 Å². The monoisotopic (exact) mass is 295 g/mol. The lowest BCUT2D eigenvalue weighted by atomic mass is 10.1. The largest absolute Gasteiger partial charge is 0.343 e. The van der Waals surface area contributed by atoms with Crippen LogP contribution in [0.2, 0.25) is 0 Å². The van der Waals surface area contributed by atoms with Gasteiger partial charge in [-0.25, -0.2) is 0 Å². The number of nitrogens with two attached hydrogens (primary N) is 1. The van der Waals surface area contributed by atoms with Crippen LogP contribution in [-0.2, 0) is 11.3 Å². The van der Waals surface area contributed by atoms with Gasteiger partial charge in [-0.3, -0.25) is 9.69 Å². The van der Waals surface area contributed by atoms with Gasteiger partial charge < -0.3 is 10.6 Å². The van der Waals surface area contributed by atoms with Crippen molar-refractivity contribution in [2.75, 3.05) is 26.2 Å². The average Bonchev–Trinajstić information content (AvgIpc) is 3.14. The van der Waals surface area contributed by atoms with Crippen molar-refractivity contribution in [2.45, 2.75) is 38.8 Å². The van der Waals surface area contributed by atoms with Gasteiger partial charge in [-0.05, 0) is 30.8 Å². The molecular weight excluding hydrogens is 270 g/mol. The van der Waals surface area contributed by atoms with Gasteiger partial charge in [-0.15, -0.1) is 11.3 Å². The van der Waals surface area contributed by atoms with Gasteiger partial charge in [0.15, 0.2) is 0 Å². The highest BCUT2D eigenvalue weighted by atomic mass is 32.1. The van der Waals surface area contributed by atoms with Crippen LogP contribution in [0.1, 0.15) is 31.1 Å². The van der Waals surface area contributed by atoms with Gasteiger partial charge in [-0.1, -0.05) is 13.0 Å². The SMILES string of the molecule is CCN(Cc1cccs1)C(CN)CC(=O)N1CCCC1. The highest BCUT2D eigenvalue weighted by Gasteiger charge is 2.24. The van der Waals surface area contributed by atoms with E-state index in [-0.39, 0.29) is 11.9 Å². The molecule has 0 aromatic carbocycles. The number of rotatable bonds is 7. The zero-order valence-electron chi connectivity index (χ0n) is 12.3. The van der Waals surface area contributed by atoms with Crippen LogP contribution in [-0.4, -0.2) is 47.9 Å². The first-order chi connectivity index (χ1) is 9.74. The molecule has 1 aliphatic heterocycles. The van der Waals surface area contributed by atoms with E-state index in [1.807, 2.05) is 4.90 Å². The molecule has 0 aliphatic carbocycles. The Labute approximate surface area is 125 Å². The minimum Gasteiger partial charge on any atom is -0.343 e. The fourth-order valence-corrected chi connectivity index (χ4v) is 3.49. The number of likely N-dealkylation sites (N-methyl/N-ethyl adjacent to an activating group) is 1. The van der Waals surface area contributed by atoms with Gasteiger partial charge in [0.2, 0.25) is 5.91 Å². The standard InChI is InChI=1S/C15H25N3OS/c1-2-17(12-14-6-5-9-20-14)13(11-16)10-15(19)18-7-3-4-8-18/h5-6,9,13H,2-4,7-8,10-12,16H2,1H3. The first-order valence-corrected chi connectivity index (χ1v) is 8.36. The molecule has 5 heteroatoms. The van der Waals surface area contributed by atoms with Crippen LogP contribution in [0.3, 0.4) is 0 Å². The Hall–Kier alpha value is -0.910. The summed E-state index contributed by atoms with van der Waals surface area (Å²) in [6.07, 6.45) is 2.84. The molecule has 0 saturated carbocycles. The van der Waals surface area contributed by atoms with Crippen molar-refractivity contribution in [3.05, 3.63) is 22.4 Å². The normalized spacial score (nSPS) is 16.9. The minimum absolute atomic E-state index is 0.148. The summed E-state index contributed by atoms with van der Waals surface area (Å²) in [5.41, 5.74) is 5.92. The van der Waals surface area contributed by atoms with Crippen molar-refractivity contribution in [1.29, 1.82) is 0 Å². The summed E-state index contributed by atoms with van der Waals surface area (Å²) in [4.78, 5) is 17.9. The summed E-state index contributed by atoms with van der Waals surface area (Å²) in [6, 6.07) is 4.36. The molecule has 112 valence electrons. The van der Waals surface area contributed by atoms with Crippen LogP contribution in [0.15, 0.2) is 17.5 Å². The van der Waals surface area contributed by atoms with Crippen molar-refractivity contribution < 1.29 is 4.79 Å². The fraction of sp³-hybridized carbons (Fsp3) is 0.667. The number of amides is 1. The average molecular weight is 295 g/mol. The van der Waals surface area contributed by atoms with Gasteiger partial charge in [0, 0.05) is 43.5 Å². The van der Waals surface area contributed by atoms with Crippen LogP contribution in [0.4, 0.5) is 0 Å². The molecule has 4 nitrogen and oxygen atoms in total. The Morgan fingerprint density at radius 2 is 2.25 bits per heavy atom. The second kappa shape index (κ2) is 7.76. The summed E-state index contributed by atoms with van der Waals surface area (Å²) in [7, 11) is 0. The van der Waals surface area contributed by atoms with Crippen LogP contribution in [0, 0.1) is 0 Å². The first kappa shape index (κ1) is 15.5. The van der Waals surface area contributed by atoms with Gasteiger partial charge in [-0.2, -0.15) is 0 Å². The Morgan fingerprint density at radius 3 is 2.80 bits per heavy atom. The van der Waals surface area contributed by atoms with E-state index in [1.165, 1.54) is 4.88 Å². The molecule has 1 atom stereocenters. The molecule has 0 bridgehead atoms. The molecule has 1 amide bonds. The van der Waals surface area contributed by atoms with Crippen molar-refractivity contribution in [3.63, 3.8) is 0 Å². The van der Waals surface area contributed by atoms with Gasteiger partial charge in [0.1, 0.15) is 0 Å². The number of likely N-dealkylation sites (tertiary alicyclic amines) is 1. The summed E-state index contributed by atoms with van der Waals surface area (Å²) in [5.74, 6) is 0.266. The molecule has 1 fully saturated rings. The molecule has 1 unspecified atom stereocenters. The van der Waals surface area contributed by atoms with E-state index in [9.17, 15) is 4.79 Å². The van der Waals surface area contributed by atoms with Crippen molar-refractivity contribution in [2.24, 2.45) is 5.73 Å². The van der Waals surface area contributed by atoms with Crippen LogP contribution in [0.25, 0.3) is 0 Å². The first-order valence-electron chi connectivity index (χ1n) is 7.48. The maximum absolute atomic E-state index is 12.3. The second-order valence-corrected chi connectivity index (χ2v) is 6.36. The second-order valence-electron chi connectivity index (χ2n) is 5.32. The summed E-state index contributed by atoms with van der Waals surface area (Å²) >= 11 is 1.76. The summed E-state index contributed by atoms with van der Waals surface area (Å²) in [5, 5.41) is 2.09. The number of thiophene rings is 1. The molecule has 1 saturated heterocycles. The molecule has 0 radical (unpaired) electrons. The Kier molecular flexibility index (Phi) is 6.01. The van der Waals surface area contributed by atoms with Crippen molar-refractivity contribution >= 4 is 17.2 Å². The lowest BCUT2D eigenvalue weighted by molar-refractivity contribution is -0.131. The summed E-state index contributed by atoms with van der Waals surface area (Å²) < 4.78 is 0. The molecule has 20 heavy (non-hydrogen) atoms. The van der Waals surface area contributed by atoms with Crippen LogP contribution >= 0.6 is 11.3 Å². The Balaban J connectivity index is 1.92. The van der Waals surface area contributed by atoms with E-state index in [4.69, 9.17) is 5.73 Å². The third-order valence-electron chi connectivity index (χ3n) is 4.00. The van der Waals surface area contributed by atoms with Gasteiger partial charge >= 0.3 is 0 Å². The van der Waals surface area contributed by atoms with Gasteiger partial charge in [0.25, 0.3) is 0 Å². The molecule has 0 spiro atoms. The molecule has 2 rings (SSSR count). The predicted octanol–water partition coefficient (Wildman–Crippen LogP) is 1.91. The highest BCUT2D eigenvalue weighted by molar-refractivity contribution is 7.09. The zero-order chi connectivity index (χ0) is 14.4. The van der Waals surface area contributed by atoms with E-state index in [0.717, 1.165) is 39.0 Å². The lowest BCUT2D eigenvalue weighted by Gasteiger charge is -2.30. The van der Waals surface area contributed by atoms with E-state index >= 15 is 0 Å². The maximum atomic E-state index is 12.3. The van der Waals surface area contributed by atoms with E-state index in [0.29, 0.717) is 13.0 Å². The molecule has 1 aromatic rings. The van der Waals surface area contributed by atoms with E-state index < -0.39 is 0 Å². The highest BCUT2D eigenvalue weighted by Crippen LogP contribution is 2.17. The topological polar surface area (TPSA) is 49.6 Å². The molecule has 2 heterocycles. The molecule has 1 aromatic heterocycles. The number of nitrogens with zero attached hydrogens (tertiary/aromatic N) is 2. The Bertz CT molecular complexity index is 401. The third-order valence-corrected chi connectivity index (χ3v) is 4.86. The van der Waals surface area contributed by atoms with Gasteiger partial charge in [0.05, 0.1) is 0 Å². The smallest absolute Gasteiger partial charge is 0.224 e. The molecular formula is C15H25N3OS. The summed E-state index contributed by atoms with van der Waals surface area (Å²) in [6.45, 7) is 6.34. The third kappa shape index (κ3) is 4.04. The zero-order valence-corrected chi connectivity index (χ0v) is 13.1. The number of hydrogen-bond donors (Lipinski definition) is 1. The van der Waals surface area contributed by atoms with Crippen molar-refractivity contribution in [3.8, 4) is 0 Å². The number of hydrogen-bond acceptors (Lipinski definition) is 4. The van der Waals surface area contributed by atoms with E-state index in [1.54, 1.807) is 11.3 Å². The minimum atomic E-state index is 0.148. The fourth-order valence-electron chi connectivity index (χ4n) is 2.76. The van der Waals surface area contributed by atoms with Crippen molar-refractivity contribution in [1.82, 2.24) is 9.80 Å². The van der Waals surface area contributed by atoms with Crippen LogP contribution in [0.5, 0.6) is 0 Å². The number of carbonyl (C=O) groups is 1. The Morgan fingerprint density at radius 1 is 1.50 bits per heavy atom. The maximum Gasteiger partial charge on any atom is 0.224 e. The molecule has 1 aliphatic rings. The van der Waals surface area contributed by atoms with E-state index in [2.05, 4.69) is 29.3 Å². The number of carbonyl (C=O) groups excluding carboxylic acids is 1. The molecule has 2 N–H and O–H groups in total. The quantitative estimate of drug-likeness (QED) is 0.836. The lowest BCUT2D eigenvalue weighted by Crippen LogP contribution is -2.44.